The first-order chi connectivity index (χ1) is 10.0. The summed E-state index contributed by atoms with van der Waals surface area (Å²) in [6, 6.07) is 8.61. The second-order valence-corrected chi connectivity index (χ2v) is 6.29. The Labute approximate surface area is 128 Å². The van der Waals surface area contributed by atoms with E-state index in [0.29, 0.717) is 12.0 Å². The van der Waals surface area contributed by atoms with Gasteiger partial charge in [-0.2, -0.15) is 0 Å². The van der Waals surface area contributed by atoms with Crippen LogP contribution in [0.3, 0.4) is 0 Å². The van der Waals surface area contributed by atoms with Crippen LogP contribution in [0.25, 0.3) is 0 Å². The maximum atomic E-state index is 5.98. The number of hydrogen-bond acceptors (Lipinski definition) is 2. The molecular formula is C17H28N4. The fourth-order valence-electron chi connectivity index (χ4n) is 2.73. The standard InChI is InChI=1S/C17H28N4/c1-13-7-9-21(10-8-13)15(3)12-19-17(18)20-16-6-4-5-14(2)11-16/h4-6,11,13,15H,7-10,12H2,1-3H3,(H3,18,19,20). The van der Waals surface area contributed by atoms with Gasteiger partial charge in [0, 0.05) is 11.7 Å². The van der Waals surface area contributed by atoms with E-state index in [-0.39, 0.29) is 0 Å². The first-order valence-electron chi connectivity index (χ1n) is 7.92. The summed E-state index contributed by atoms with van der Waals surface area (Å²) < 4.78 is 0. The molecule has 1 atom stereocenters. The summed E-state index contributed by atoms with van der Waals surface area (Å²) in [6.45, 7) is 9.76. The van der Waals surface area contributed by atoms with Crippen LogP contribution >= 0.6 is 0 Å². The Kier molecular flexibility index (Phi) is 5.62. The molecule has 1 heterocycles. The number of benzene rings is 1. The predicted molar refractivity (Wildman–Crippen MR) is 90.7 cm³/mol. The van der Waals surface area contributed by atoms with Gasteiger partial charge in [0.1, 0.15) is 0 Å². The van der Waals surface area contributed by atoms with Gasteiger partial charge in [0.25, 0.3) is 0 Å². The third-order valence-electron chi connectivity index (χ3n) is 4.26. The summed E-state index contributed by atoms with van der Waals surface area (Å²) in [6.07, 6.45) is 2.59. The lowest BCUT2D eigenvalue weighted by atomic mass is 9.98. The minimum Gasteiger partial charge on any atom is -0.370 e. The molecule has 0 aromatic heterocycles. The summed E-state index contributed by atoms with van der Waals surface area (Å²) in [5.74, 6) is 1.36. The lowest BCUT2D eigenvalue weighted by molar-refractivity contribution is 0.150. The number of piperidine rings is 1. The van der Waals surface area contributed by atoms with Crippen molar-refractivity contribution in [2.24, 2.45) is 16.6 Å². The molecule has 0 radical (unpaired) electrons. The van der Waals surface area contributed by atoms with Crippen molar-refractivity contribution in [3.05, 3.63) is 29.8 Å². The minimum absolute atomic E-state index is 0.454. The van der Waals surface area contributed by atoms with Crippen LogP contribution in [0.1, 0.15) is 32.3 Å². The molecule has 3 N–H and O–H groups in total. The third kappa shape index (κ3) is 5.05. The summed E-state index contributed by atoms with van der Waals surface area (Å²) >= 11 is 0. The molecule has 4 heteroatoms. The van der Waals surface area contributed by atoms with Crippen molar-refractivity contribution in [2.45, 2.75) is 39.7 Å². The van der Waals surface area contributed by atoms with Crippen molar-refractivity contribution in [2.75, 3.05) is 25.0 Å². The Balaban J connectivity index is 1.82. The van der Waals surface area contributed by atoms with E-state index in [1.807, 2.05) is 12.1 Å². The van der Waals surface area contributed by atoms with Gasteiger partial charge in [-0.15, -0.1) is 0 Å². The quantitative estimate of drug-likeness (QED) is 0.661. The van der Waals surface area contributed by atoms with E-state index in [4.69, 9.17) is 5.73 Å². The van der Waals surface area contributed by atoms with Crippen molar-refractivity contribution in [3.8, 4) is 0 Å². The Hall–Kier alpha value is -1.55. The van der Waals surface area contributed by atoms with Gasteiger partial charge >= 0.3 is 0 Å². The van der Waals surface area contributed by atoms with Crippen LogP contribution < -0.4 is 11.1 Å². The van der Waals surface area contributed by atoms with Gasteiger partial charge in [-0.05, 0) is 63.4 Å². The highest BCUT2D eigenvalue weighted by molar-refractivity contribution is 5.92. The molecule has 1 aliphatic heterocycles. The van der Waals surface area contributed by atoms with Gasteiger partial charge in [0.2, 0.25) is 0 Å². The topological polar surface area (TPSA) is 53.6 Å². The van der Waals surface area contributed by atoms with Crippen molar-refractivity contribution in [1.82, 2.24) is 4.90 Å². The Morgan fingerprint density at radius 2 is 2.14 bits per heavy atom. The molecule has 1 aromatic rings. The molecule has 0 bridgehead atoms. The van der Waals surface area contributed by atoms with E-state index in [1.54, 1.807) is 0 Å². The summed E-state index contributed by atoms with van der Waals surface area (Å²) in [7, 11) is 0. The highest BCUT2D eigenvalue weighted by Gasteiger charge is 2.19. The molecule has 1 aliphatic rings. The van der Waals surface area contributed by atoms with Crippen molar-refractivity contribution in [3.63, 3.8) is 0 Å². The summed E-state index contributed by atoms with van der Waals surface area (Å²) in [5.41, 5.74) is 8.18. The van der Waals surface area contributed by atoms with E-state index in [2.05, 4.69) is 48.1 Å². The lowest BCUT2D eigenvalue weighted by Crippen LogP contribution is -2.41. The van der Waals surface area contributed by atoms with E-state index in [1.165, 1.54) is 31.5 Å². The normalized spacial score (nSPS) is 19.5. The van der Waals surface area contributed by atoms with Crippen LogP contribution in [0, 0.1) is 12.8 Å². The van der Waals surface area contributed by atoms with Crippen LogP contribution in [0.15, 0.2) is 29.3 Å². The molecule has 4 nitrogen and oxygen atoms in total. The number of nitrogens with two attached hydrogens (primary N) is 1. The molecule has 0 aliphatic carbocycles. The highest BCUT2D eigenvalue weighted by Crippen LogP contribution is 2.18. The molecule has 0 spiro atoms. The second-order valence-electron chi connectivity index (χ2n) is 6.29. The maximum Gasteiger partial charge on any atom is 0.193 e. The van der Waals surface area contributed by atoms with Crippen LogP contribution in [0.5, 0.6) is 0 Å². The molecule has 116 valence electrons. The SMILES string of the molecule is Cc1cccc(NC(N)=NCC(C)N2CCC(C)CC2)c1. The first-order valence-corrected chi connectivity index (χ1v) is 7.92. The Morgan fingerprint density at radius 1 is 1.43 bits per heavy atom. The van der Waals surface area contributed by atoms with Crippen LogP contribution in [0.2, 0.25) is 0 Å². The molecule has 1 aromatic carbocycles. The van der Waals surface area contributed by atoms with Gasteiger partial charge in [-0.1, -0.05) is 19.1 Å². The molecule has 1 unspecified atom stereocenters. The molecule has 0 amide bonds. The van der Waals surface area contributed by atoms with E-state index in [9.17, 15) is 0 Å². The van der Waals surface area contributed by atoms with Crippen LogP contribution in [-0.2, 0) is 0 Å². The summed E-state index contributed by atoms with van der Waals surface area (Å²) in [4.78, 5) is 7.00. The number of aryl methyl sites for hydroxylation is 1. The lowest BCUT2D eigenvalue weighted by Gasteiger charge is -2.34. The van der Waals surface area contributed by atoms with E-state index >= 15 is 0 Å². The number of rotatable bonds is 4. The van der Waals surface area contributed by atoms with Gasteiger partial charge in [-0.3, -0.25) is 9.89 Å². The Bertz CT molecular complexity index is 475. The molecular weight excluding hydrogens is 260 g/mol. The van der Waals surface area contributed by atoms with Crippen molar-refractivity contribution < 1.29 is 0 Å². The van der Waals surface area contributed by atoms with Crippen molar-refractivity contribution in [1.29, 1.82) is 0 Å². The van der Waals surface area contributed by atoms with Gasteiger partial charge in [0.05, 0.1) is 6.54 Å². The van der Waals surface area contributed by atoms with Gasteiger partial charge < -0.3 is 11.1 Å². The third-order valence-corrected chi connectivity index (χ3v) is 4.26. The maximum absolute atomic E-state index is 5.98. The number of nitrogens with zero attached hydrogens (tertiary/aromatic N) is 2. The molecule has 1 fully saturated rings. The highest BCUT2D eigenvalue weighted by atomic mass is 15.2. The fourth-order valence-corrected chi connectivity index (χ4v) is 2.73. The van der Waals surface area contributed by atoms with Gasteiger partial charge in [-0.25, -0.2) is 0 Å². The molecule has 1 saturated heterocycles. The predicted octanol–water partition coefficient (Wildman–Crippen LogP) is 2.84. The number of aliphatic imine (C=N–C) groups is 1. The molecule has 0 saturated carbocycles. The number of likely N-dealkylation sites (tertiary alicyclic amines) is 1. The fraction of sp³-hybridized carbons (Fsp3) is 0.588. The smallest absolute Gasteiger partial charge is 0.193 e. The summed E-state index contributed by atoms with van der Waals surface area (Å²) in [5, 5.41) is 3.16. The van der Waals surface area contributed by atoms with E-state index in [0.717, 1.165) is 18.2 Å². The zero-order valence-corrected chi connectivity index (χ0v) is 13.5. The molecule has 21 heavy (non-hydrogen) atoms. The first kappa shape index (κ1) is 15.8. The van der Waals surface area contributed by atoms with E-state index < -0.39 is 0 Å². The zero-order valence-electron chi connectivity index (χ0n) is 13.5. The zero-order chi connectivity index (χ0) is 15.2. The van der Waals surface area contributed by atoms with Crippen LogP contribution in [-0.4, -0.2) is 36.5 Å². The van der Waals surface area contributed by atoms with Crippen molar-refractivity contribution >= 4 is 11.6 Å². The average molecular weight is 288 g/mol. The molecule has 2 rings (SSSR count). The average Bonchev–Trinajstić information content (AvgIpc) is 2.45. The van der Waals surface area contributed by atoms with Crippen LogP contribution in [0.4, 0.5) is 5.69 Å². The number of hydrogen-bond donors (Lipinski definition) is 2. The second kappa shape index (κ2) is 7.46. The number of anilines is 1. The monoisotopic (exact) mass is 288 g/mol. The Morgan fingerprint density at radius 3 is 2.81 bits per heavy atom. The number of guanidine groups is 1. The largest absolute Gasteiger partial charge is 0.370 e. The number of nitrogens with one attached hydrogen (secondary N) is 1. The van der Waals surface area contributed by atoms with Gasteiger partial charge in [0.15, 0.2) is 5.96 Å². The minimum atomic E-state index is 0.454.